The van der Waals surface area contributed by atoms with Gasteiger partial charge in [0.15, 0.2) is 17.6 Å². The Morgan fingerprint density at radius 1 is 1.07 bits per heavy atom. The van der Waals surface area contributed by atoms with Crippen molar-refractivity contribution < 1.29 is 22.7 Å². The molecule has 1 N–H and O–H groups in total. The molecule has 0 aliphatic rings. The molecule has 1 amide bonds. The first kappa shape index (κ1) is 23.2. The van der Waals surface area contributed by atoms with Gasteiger partial charge in [0.1, 0.15) is 0 Å². The number of hydrogen-bond acceptors (Lipinski definition) is 5. The highest BCUT2D eigenvalue weighted by atomic mass is 32.2. The Hall–Kier alpha value is -3.10. The molecule has 0 aliphatic carbocycles. The lowest BCUT2D eigenvalue weighted by atomic mass is 10.3. The number of hydrogen-bond donors (Lipinski definition) is 1. The van der Waals surface area contributed by atoms with E-state index in [9.17, 15) is 13.2 Å². The first-order valence-electron chi connectivity index (χ1n) is 9.26. The van der Waals surface area contributed by atoms with E-state index in [0.717, 1.165) is 0 Å². The van der Waals surface area contributed by atoms with E-state index in [1.54, 1.807) is 31.2 Å². The predicted octanol–water partition coefficient (Wildman–Crippen LogP) is 3.46. The highest BCUT2D eigenvalue weighted by Gasteiger charge is 2.23. The van der Waals surface area contributed by atoms with Gasteiger partial charge in [-0.1, -0.05) is 24.3 Å². The van der Waals surface area contributed by atoms with Gasteiger partial charge in [0.2, 0.25) is 10.0 Å². The van der Waals surface area contributed by atoms with Crippen molar-refractivity contribution in [3.63, 3.8) is 0 Å². The number of nitrogens with one attached hydrogen (secondary N) is 1. The third-order valence-electron chi connectivity index (χ3n) is 4.17. The molecule has 0 spiro atoms. The second-order valence-corrected chi connectivity index (χ2v) is 8.26. The van der Waals surface area contributed by atoms with Crippen LogP contribution in [0.25, 0.3) is 0 Å². The molecule has 0 bridgehead atoms. The van der Waals surface area contributed by atoms with E-state index < -0.39 is 16.1 Å². The zero-order valence-electron chi connectivity index (χ0n) is 17.1. The zero-order valence-corrected chi connectivity index (χ0v) is 17.9. The summed E-state index contributed by atoms with van der Waals surface area (Å²) in [5.41, 5.74) is 0.452. The van der Waals surface area contributed by atoms with Gasteiger partial charge in [-0.2, -0.15) is 4.31 Å². The Bertz CT molecular complexity index is 977. The van der Waals surface area contributed by atoms with Crippen LogP contribution in [0.4, 0.5) is 5.69 Å². The fourth-order valence-corrected chi connectivity index (χ4v) is 4.00. The van der Waals surface area contributed by atoms with E-state index in [4.69, 9.17) is 9.47 Å². The fraction of sp³-hybridized carbons (Fsp3) is 0.227. The van der Waals surface area contributed by atoms with Crippen molar-refractivity contribution >= 4 is 21.6 Å². The van der Waals surface area contributed by atoms with Gasteiger partial charge < -0.3 is 14.8 Å². The maximum Gasteiger partial charge on any atom is 0.265 e. The molecular weight excluding hydrogens is 404 g/mol. The van der Waals surface area contributed by atoms with Crippen LogP contribution in [0.1, 0.15) is 6.92 Å². The molecule has 8 heteroatoms. The molecule has 1 unspecified atom stereocenters. The SMILES string of the molecule is C=CCN(CC=C)S(=O)(=O)c1ccc(NC(=O)C(C)Oc2ccccc2OC)cc1. The fourth-order valence-electron chi connectivity index (χ4n) is 2.62. The number of anilines is 1. The van der Waals surface area contributed by atoms with Crippen molar-refractivity contribution in [3.8, 4) is 11.5 Å². The minimum atomic E-state index is -3.70. The summed E-state index contributed by atoms with van der Waals surface area (Å²) in [4.78, 5) is 12.6. The summed E-state index contributed by atoms with van der Waals surface area (Å²) in [6.45, 7) is 9.13. The van der Waals surface area contributed by atoms with Crippen LogP contribution in [-0.2, 0) is 14.8 Å². The van der Waals surface area contributed by atoms with Gasteiger partial charge in [0, 0.05) is 18.8 Å². The number of carbonyl (C=O) groups excluding carboxylic acids is 1. The molecule has 2 rings (SSSR count). The molecule has 0 radical (unpaired) electrons. The van der Waals surface area contributed by atoms with Gasteiger partial charge in [-0.05, 0) is 43.3 Å². The lowest BCUT2D eigenvalue weighted by molar-refractivity contribution is -0.122. The normalized spacial score (nSPS) is 12.1. The largest absolute Gasteiger partial charge is 0.493 e. The number of methoxy groups -OCH3 is 1. The molecule has 0 heterocycles. The topological polar surface area (TPSA) is 84.9 Å². The van der Waals surface area contributed by atoms with Crippen molar-refractivity contribution in [2.45, 2.75) is 17.9 Å². The average molecular weight is 431 g/mol. The summed E-state index contributed by atoms with van der Waals surface area (Å²) in [5.74, 6) is 0.598. The van der Waals surface area contributed by atoms with Crippen molar-refractivity contribution in [1.29, 1.82) is 0 Å². The molecule has 2 aromatic rings. The van der Waals surface area contributed by atoms with Crippen LogP contribution in [0.15, 0.2) is 78.7 Å². The van der Waals surface area contributed by atoms with E-state index in [-0.39, 0.29) is 23.9 Å². The van der Waals surface area contributed by atoms with Crippen LogP contribution in [0, 0.1) is 0 Å². The van der Waals surface area contributed by atoms with E-state index in [0.29, 0.717) is 17.2 Å². The lowest BCUT2D eigenvalue weighted by Gasteiger charge is -2.19. The van der Waals surface area contributed by atoms with Crippen molar-refractivity contribution in [3.05, 3.63) is 73.8 Å². The molecule has 160 valence electrons. The second kappa shape index (κ2) is 10.6. The second-order valence-electron chi connectivity index (χ2n) is 6.32. The summed E-state index contributed by atoms with van der Waals surface area (Å²) < 4.78 is 37.6. The van der Waals surface area contributed by atoms with Gasteiger partial charge in [-0.3, -0.25) is 4.79 Å². The summed E-state index contributed by atoms with van der Waals surface area (Å²) in [6, 6.07) is 13.0. The number of nitrogens with zero attached hydrogens (tertiary/aromatic N) is 1. The first-order chi connectivity index (χ1) is 14.3. The molecular formula is C22H26N2O5S. The van der Waals surface area contributed by atoms with Gasteiger partial charge in [0.05, 0.1) is 12.0 Å². The minimum absolute atomic E-state index is 0.113. The number of ether oxygens (including phenoxy) is 2. The zero-order chi connectivity index (χ0) is 22.1. The smallest absolute Gasteiger partial charge is 0.265 e. The summed E-state index contributed by atoms with van der Waals surface area (Å²) in [5, 5.41) is 2.71. The van der Waals surface area contributed by atoms with E-state index in [1.807, 2.05) is 0 Å². The third-order valence-corrected chi connectivity index (χ3v) is 6.01. The molecule has 1 atom stereocenters. The quantitative estimate of drug-likeness (QED) is 0.552. The van der Waals surface area contributed by atoms with Crippen LogP contribution in [0.5, 0.6) is 11.5 Å². The van der Waals surface area contributed by atoms with Crippen molar-refractivity contribution in [1.82, 2.24) is 4.31 Å². The highest BCUT2D eigenvalue weighted by molar-refractivity contribution is 7.89. The van der Waals surface area contributed by atoms with Crippen LogP contribution in [0.3, 0.4) is 0 Å². The molecule has 0 aromatic heterocycles. The number of carbonyl (C=O) groups is 1. The summed E-state index contributed by atoms with van der Waals surface area (Å²) in [6.07, 6.45) is 2.23. The van der Waals surface area contributed by atoms with Gasteiger partial charge >= 0.3 is 0 Å². The minimum Gasteiger partial charge on any atom is -0.493 e. The Kier molecular flexibility index (Phi) is 8.20. The highest BCUT2D eigenvalue weighted by Crippen LogP contribution is 2.27. The lowest BCUT2D eigenvalue weighted by Crippen LogP contribution is -2.31. The van der Waals surface area contributed by atoms with Crippen LogP contribution in [0.2, 0.25) is 0 Å². The molecule has 7 nitrogen and oxygen atoms in total. The Morgan fingerprint density at radius 2 is 1.63 bits per heavy atom. The Balaban J connectivity index is 2.08. The Morgan fingerprint density at radius 3 is 2.17 bits per heavy atom. The summed E-state index contributed by atoms with van der Waals surface area (Å²) in [7, 11) is -2.17. The third kappa shape index (κ3) is 5.71. The van der Waals surface area contributed by atoms with Crippen molar-refractivity contribution in [2.24, 2.45) is 0 Å². The van der Waals surface area contributed by atoms with Crippen molar-refractivity contribution in [2.75, 3.05) is 25.5 Å². The van der Waals surface area contributed by atoms with Crippen LogP contribution >= 0.6 is 0 Å². The summed E-state index contributed by atoms with van der Waals surface area (Å²) >= 11 is 0. The molecule has 2 aromatic carbocycles. The van der Waals surface area contributed by atoms with Crippen LogP contribution in [-0.4, -0.2) is 44.9 Å². The standard InChI is InChI=1S/C22H26N2O5S/c1-5-15-24(16-6-2)30(26,27)19-13-11-18(12-14-19)23-22(25)17(3)29-21-10-8-7-9-20(21)28-4/h5-14,17H,1-2,15-16H2,3-4H3,(H,23,25). The van der Waals surface area contributed by atoms with Gasteiger partial charge in [-0.15, -0.1) is 13.2 Å². The van der Waals surface area contributed by atoms with E-state index in [2.05, 4.69) is 18.5 Å². The van der Waals surface area contributed by atoms with Gasteiger partial charge in [-0.25, -0.2) is 8.42 Å². The molecule has 0 saturated heterocycles. The number of amides is 1. The predicted molar refractivity (Wildman–Crippen MR) is 117 cm³/mol. The number of benzene rings is 2. The van der Waals surface area contributed by atoms with Crippen LogP contribution < -0.4 is 14.8 Å². The Labute approximate surface area is 177 Å². The number of para-hydroxylation sites is 2. The van der Waals surface area contributed by atoms with E-state index in [1.165, 1.54) is 47.8 Å². The maximum absolute atomic E-state index is 12.7. The number of sulfonamides is 1. The molecule has 0 aliphatic heterocycles. The number of rotatable bonds is 11. The van der Waals surface area contributed by atoms with Gasteiger partial charge in [0.25, 0.3) is 5.91 Å². The molecule has 0 saturated carbocycles. The molecule has 0 fully saturated rings. The first-order valence-corrected chi connectivity index (χ1v) is 10.7. The maximum atomic E-state index is 12.7. The van der Waals surface area contributed by atoms with E-state index >= 15 is 0 Å². The molecule has 30 heavy (non-hydrogen) atoms. The monoisotopic (exact) mass is 430 g/mol. The average Bonchev–Trinajstić information content (AvgIpc) is 2.74.